The van der Waals surface area contributed by atoms with Crippen LogP contribution in [0.1, 0.15) is 19.8 Å². The minimum absolute atomic E-state index is 0.139. The molecule has 0 radical (unpaired) electrons. The first-order valence-electron chi connectivity index (χ1n) is 4.66. The van der Waals surface area contributed by atoms with E-state index in [1.807, 2.05) is 6.92 Å². The maximum atomic E-state index is 8.56. The Balaban J connectivity index is 2.10. The van der Waals surface area contributed by atoms with E-state index in [9.17, 15) is 0 Å². The fourth-order valence-corrected chi connectivity index (χ4v) is 1.42. The highest BCUT2D eigenvalue weighted by atomic mass is 15.0. The van der Waals surface area contributed by atoms with Crippen LogP contribution in [-0.4, -0.2) is 25.7 Å². The van der Waals surface area contributed by atoms with Crippen molar-refractivity contribution in [2.75, 3.05) is 19.6 Å². The summed E-state index contributed by atoms with van der Waals surface area (Å²) in [5, 5.41) is 15.3. The minimum atomic E-state index is 0.139. The predicted octanol–water partition coefficient (Wildman–Crippen LogP) is 0.488. The molecule has 1 aliphatic heterocycles. The van der Waals surface area contributed by atoms with Gasteiger partial charge in [0.1, 0.15) is 0 Å². The molecule has 0 aromatic carbocycles. The Bertz CT molecular complexity index is 156. The Hall–Kier alpha value is -0.590. The van der Waals surface area contributed by atoms with Crippen LogP contribution in [0.3, 0.4) is 0 Å². The van der Waals surface area contributed by atoms with Gasteiger partial charge in [-0.3, -0.25) is 0 Å². The normalized spacial score (nSPS) is 21.7. The average Bonchev–Trinajstić information content (AvgIpc) is 2.16. The van der Waals surface area contributed by atoms with Gasteiger partial charge in [0.05, 0.1) is 12.0 Å². The number of nitrogens with one attached hydrogen (secondary N) is 2. The van der Waals surface area contributed by atoms with Gasteiger partial charge in [0.2, 0.25) is 0 Å². The topological polar surface area (TPSA) is 47.9 Å². The van der Waals surface area contributed by atoms with Crippen molar-refractivity contribution in [2.45, 2.75) is 25.8 Å². The highest BCUT2D eigenvalue weighted by Gasteiger charge is 2.12. The second-order valence-corrected chi connectivity index (χ2v) is 3.46. The summed E-state index contributed by atoms with van der Waals surface area (Å²) in [6.07, 6.45) is 2.39. The molecule has 1 heterocycles. The quantitative estimate of drug-likeness (QED) is 0.643. The lowest BCUT2D eigenvalue weighted by Crippen LogP contribution is -2.41. The van der Waals surface area contributed by atoms with Crippen molar-refractivity contribution in [1.29, 1.82) is 5.26 Å². The van der Waals surface area contributed by atoms with E-state index < -0.39 is 0 Å². The lowest BCUT2D eigenvalue weighted by atomic mass is 10.1. The maximum absolute atomic E-state index is 8.56. The Morgan fingerprint density at radius 1 is 1.58 bits per heavy atom. The molecule has 1 atom stereocenters. The van der Waals surface area contributed by atoms with E-state index in [1.165, 1.54) is 12.8 Å². The summed E-state index contributed by atoms with van der Waals surface area (Å²) in [5.74, 6) is 0.139. The molecule has 0 aromatic heterocycles. The van der Waals surface area contributed by atoms with Gasteiger partial charge < -0.3 is 10.6 Å². The summed E-state index contributed by atoms with van der Waals surface area (Å²) < 4.78 is 0. The zero-order chi connectivity index (χ0) is 8.81. The molecule has 3 heteroatoms. The van der Waals surface area contributed by atoms with Crippen LogP contribution < -0.4 is 10.6 Å². The summed E-state index contributed by atoms with van der Waals surface area (Å²) >= 11 is 0. The maximum Gasteiger partial charge on any atom is 0.0666 e. The second kappa shape index (κ2) is 5.13. The SMILES string of the molecule is CC(C#N)CNC1CCNCC1. The second-order valence-electron chi connectivity index (χ2n) is 3.46. The fourth-order valence-electron chi connectivity index (χ4n) is 1.42. The molecule has 0 aromatic rings. The molecule has 0 bridgehead atoms. The highest BCUT2D eigenvalue weighted by Crippen LogP contribution is 2.02. The van der Waals surface area contributed by atoms with Gasteiger partial charge in [-0.15, -0.1) is 0 Å². The van der Waals surface area contributed by atoms with E-state index >= 15 is 0 Å². The first kappa shape index (κ1) is 9.50. The molecule has 1 unspecified atom stereocenters. The fraction of sp³-hybridized carbons (Fsp3) is 0.889. The first-order valence-corrected chi connectivity index (χ1v) is 4.66. The Morgan fingerprint density at radius 3 is 2.83 bits per heavy atom. The van der Waals surface area contributed by atoms with E-state index in [0.29, 0.717) is 6.04 Å². The number of piperidine rings is 1. The van der Waals surface area contributed by atoms with Crippen molar-refractivity contribution < 1.29 is 0 Å². The smallest absolute Gasteiger partial charge is 0.0666 e. The van der Waals surface area contributed by atoms with E-state index in [4.69, 9.17) is 5.26 Å². The Morgan fingerprint density at radius 2 is 2.25 bits per heavy atom. The van der Waals surface area contributed by atoms with Gasteiger partial charge >= 0.3 is 0 Å². The van der Waals surface area contributed by atoms with Crippen molar-refractivity contribution in [2.24, 2.45) is 5.92 Å². The summed E-state index contributed by atoms with van der Waals surface area (Å²) in [5.41, 5.74) is 0. The lowest BCUT2D eigenvalue weighted by molar-refractivity contribution is 0.378. The van der Waals surface area contributed by atoms with Crippen LogP contribution in [0.4, 0.5) is 0 Å². The largest absolute Gasteiger partial charge is 0.317 e. The molecule has 0 spiro atoms. The molecular weight excluding hydrogens is 150 g/mol. The van der Waals surface area contributed by atoms with Gasteiger partial charge in [-0.05, 0) is 32.9 Å². The molecule has 0 saturated carbocycles. The molecule has 0 aliphatic carbocycles. The van der Waals surface area contributed by atoms with Gasteiger partial charge in [0.25, 0.3) is 0 Å². The summed E-state index contributed by atoms with van der Waals surface area (Å²) in [6.45, 7) is 5.01. The number of nitriles is 1. The molecule has 1 saturated heterocycles. The van der Waals surface area contributed by atoms with Crippen LogP contribution in [0.15, 0.2) is 0 Å². The zero-order valence-corrected chi connectivity index (χ0v) is 7.64. The Kier molecular flexibility index (Phi) is 4.06. The monoisotopic (exact) mass is 167 g/mol. The zero-order valence-electron chi connectivity index (χ0n) is 7.64. The molecule has 0 amide bonds. The van der Waals surface area contributed by atoms with Crippen LogP contribution in [-0.2, 0) is 0 Å². The molecule has 12 heavy (non-hydrogen) atoms. The molecule has 3 nitrogen and oxygen atoms in total. The number of rotatable bonds is 3. The number of hydrogen-bond acceptors (Lipinski definition) is 3. The Labute approximate surface area is 74.1 Å². The van der Waals surface area contributed by atoms with Gasteiger partial charge in [-0.1, -0.05) is 0 Å². The third-order valence-electron chi connectivity index (χ3n) is 2.27. The highest BCUT2D eigenvalue weighted by molar-refractivity contribution is 4.83. The van der Waals surface area contributed by atoms with Crippen molar-refractivity contribution >= 4 is 0 Å². The van der Waals surface area contributed by atoms with Crippen LogP contribution in [0.5, 0.6) is 0 Å². The predicted molar refractivity (Wildman–Crippen MR) is 48.7 cm³/mol. The molecule has 1 aliphatic rings. The molecule has 1 rings (SSSR count). The van der Waals surface area contributed by atoms with E-state index in [1.54, 1.807) is 0 Å². The first-order chi connectivity index (χ1) is 5.83. The van der Waals surface area contributed by atoms with Crippen molar-refractivity contribution in [3.05, 3.63) is 0 Å². The average molecular weight is 167 g/mol. The van der Waals surface area contributed by atoms with Gasteiger partial charge in [-0.2, -0.15) is 5.26 Å². The number of hydrogen-bond donors (Lipinski definition) is 2. The van der Waals surface area contributed by atoms with Crippen LogP contribution in [0.2, 0.25) is 0 Å². The van der Waals surface area contributed by atoms with Gasteiger partial charge in [-0.25, -0.2) is 0 Å². The standard InChI is InChI=1S/C9H17N3/c1-8(6-10)7-12-9-2-4-11-5-3-9/h8-9,11-12H,2-5,7H2,1H3. The summed E-state index contributed by atoms with van der Waals surface area (Å²) in [7, 11) is 0. The third-order valence-corrected chi connectivity index (χ3v) is 2.27. The van der Waals surface area contributed by atoms with Gasteiger partial charge in [0, 0.05) is 12.6 Å². The van der Waals surface area contributed by atoms with Crippen molar-refractivity contribution in [3.63, 3.8) is 0 Å². The van der Waals surface area contributed by atoms with E-state index in [-0.39, 0.29) is 5.92 Å². The number of nitrogens with zero attached hydrogens (tertiary/aromatic N) is 1. The van der Waals surface area contributed by atoms with E-state index in [0.717, 1.165) is 19.6 Å². The van der Waals surface area contributed by atoms with E-state index in [2.05, 4.69) is 16.7 Å². The summed E-state index contributed by atoms with van der Waals surface area (Å²) in [6, 6.07) is 2.85. The van der Waals surface area contributed by atoms with Crippen molar-refractivity contribution in [3.8, 4) is 6.07 Å². The van der Waals surface area contributed by atoms with Gasteiger partial charge in [0.15, 0.2) is 0 Å². The molecule has 2 N–H and O–H groups in total. The third kappa shape index (κ3) is 3.21. The molecule has 1 fully saturated rings. The van der Waals surface area contributed by atoms with Crippen molar-refractivity contribution in [1.82, 2.24) is 10.6 Å². The molecule has 68 valence electrons. The van der Waals surface area contributed by atoms with Crippen LogP contribution in [0.25, 0.3) is 0 Å². The lowest BCUT2D eigenvalue weighted by Gasteiger charge is -2.24. The summed E-state index contributed by atoms with van der Waals surface area (Å²) in [4.78, 5) is 0. The van der Waals surface area contributed by atoms with Crippen LogP contribution >= 0.6 is 0 Å². The minimum Gasteiger partial charge on any atom is -0.317 e. The molecular formula is C9H17N3. The van der Waals surface area contributed by atoms with Crippen LogP contribution in [0, 0.1) is 17.2 Å².